The van der Waals surface area contributed by atoms with Crippen LogP contribution in [0.5, 0.6) is 0 Å². The van der Waals surface area contributed by atoms with E-state index in [2.05, 4.69) is 46.7 Å². The first-order valence-corrected chi connectivity index (χ1v) is 7.41. The number of likely N-dealkylation sites (N-methyl/N-ethyl adjacent to an activating group) is 1. The summed E-state index contributed by atoms with van der Waals surface area (Å²) in [5.74, 6) is 0. The first-order chi connectivity index (χ1) is 7.88. The molecule has 0 aliphatic carbocycles. The van der Waals surface area contributed by atoms with Crippen molar-refractivity contribution in [2.24, 2.45) is 0 Å². The molecule has 0 aromatic carbocycles. The smallest absolute Gasteiger partial charge is 0.0108 e. The molecule has 1 unspecified atom stereocenters. The average Bonchev–Trinajstić information content (AvgIpc) is 2.97. The number of aryl methyl sites for hydroxylation is 1. The van der Waals surface area contributed by atoms with E-state index in [-0.39, 0.29) is 0 Å². The molecule has 0 bridgehead atoms. The van der Waals surface area contributed by atoms with E-state index in [0.717, 1.165) is 6.42 Å². The molecule has 2 aromatic rings. The van der Waals surface area contributed by atoms with Crippen LogP contribution >= 0.6 is 22.7 Å². The quantitative estimate of drug-likeness (QED) is 0.827. The van der Waals surface area contributed by atoms with Gasteiger partial charge in [0.1, 0.15) is 0 Å². The Balaban J connectivity index is 1.81. The van der Waals surface area contributed by atoms with Crippen LogP contribution in [0.4, 0.5) is 0 Å². The average molecular weight is 251 g/mol. The molecule has 0 amide bonds. The van der Waals surface area contributed by atoms with Crippen LogP contribution in [-0.4, -0.2) is 13.1 Å². The molecule has 0 saturated heterocycles. The van der Waals surface area contributed by atoms with Crippen LogP contribution < -0.4 is 5.32 Å². The fourth-order valence-electron chi connectivity index (χ4n) is 1.81. The molecule has 0 aliphatic rings. The minimum absolute atomic E-state index is 0.594. The fraction of sp³-hybridized carbons (Fsp3) is 0.385. The Hall–Kier alpha value is -0.640. The monoisotopic (exact) mass is 251 g/mol. The van der Waals surface area contributed by atoms with Gasteiger partial charge in [-0.05, 0) is 60.1 Å². The van der Waals surface area contributed by atoms with Crippen molar-refractivity contribution in [2.75, 3.05) is 7.05 Å². The first kappa shape index (κ1) is 11.8. The van der Waals surface area contributed by atoms with Crippen LogP contribution in [0, 0.1) is 0 Å². The minimum atomic E-state index is 0.594. The summed E-state index contributed by atoms with van der Waals surface area (Å²) in [6.07, 6.45) is 3.55. The molecule has 0 aliphatic heterocycles. The molecule has 16 heavy (non-hydrogen) atoms. The Morgan fingerprint density at radius 1 is 1.31 bits per heavy atom. The molecule has 0 fully saturated rings. The largest absolute Gasteiger partial charge is 0.317 e. The first-order valence-electron chi connectivity index (χ1n) is 5.59. The van der Waals surface area contributed by atoms with Crippen LogP contribution in [0.25, 0.3) is 0 Å². The van der Waals surface area contributed by atoms with Gasteiger partial charge in [0, 0.05) is 10.9 Å². The summed E-state index contributed by atoms with van der Waals surface area (Å²) in [5.41, 5.74) is 1.45. The molecule has 1 nitrogen and oxygen atoms in total. The molecule has 0 radical (unpaired) electrons. The molecule has 86 valence electrons. The molecule has 2 rings (SSSR count). The van der Waals surface area contributed by atoms with Crippen molar-refractivity contribution in [1.29, 1.82) is 0 Å². The second kappa shape index (κ2) is 6.18. The van der Waals surface area contributed by atoms with Crippen molar-refractivity contribution in [3.05, 3.63) is 44.8 Å². The van der Waals surface area contributed by atoms with E-state index in [1.807, 2.05) is 11.3 Å². The number of rotatable bonds is 6. The predicted octanol–water partition coefficient (Wildman–Crippen LogP) is 3.57. The number of thiophene rings is 2. The van der Waals surface area contributed by atoms with Crippen LogP contribution in [0.1, 0.15) is 16.9 Å². The molecule has 0 saturated carbocycles. The Morgan fingerprint density at radius 3 is 2.88 bits per heavy atom. The highest BCUT2D eigenvalue weighted by Gasteiger charge is 2.08. The van der Waals surface area contributed by atoms with E-state index in [4.69, 9.17) is 0 Å². The van der Waals surface area contributed by atoms with Crippen molar-refractivity contribution in [3.63, 3.8) is 0 Å². The van der Waals surface area contributed by atoms with Gasteiger partial charge in [0.25, 0.3) is 0 Å². The Labute approximate surface area is 105 Å². The van der Waals surface area contributed by atoms with Crippen LogP contribution in [0.3, 0.4) is 0 Å². The molecule has 1 N–H and O–H groups in total. The summed E-state index contributed by atoms with van der Waals surface area (Å²) >= 11 is 3.64. The van der Waals surface area contributed by atoms with E-state index in [9.17, 15) is 0 Å². The topological polar surface area (TPSA) is 12.0 Å². The summed E-state index contributed by atoms with van der Waals surface area (Å²) in [7, 11) is 2.06. The maximum Gasteiger partial charge on any atom is 0.0108 e. The van der Waals surface area contributed by atoms with Gasteiger partial charge in [-0.1, -0.05) is 6.07 Å². The van der Waals surface area contributed by atoms with Gasteiger partial charge >= 0.3 is 0 Å². The summed E-state index contributed by atoms with van der Waals surface area (Å²) < 4.78 is 0. The molecule has 0 spiro atoms. The van der Waals surface area contributed by atoms with E-state index >= 15 is 0 Å². The van der Waals surface area contributed by atoms with Crippen molar-refractivity contribution >= 4 is 22.7 Å². The predicted molar refractivity (Wildman–Crippen MR) is 73.5 cm³/mol. The van der Waals surface area contributed by atoms with E-state index < -0.39 is 0 Å². The standard InChI is InChI=1S/C13H17NS2/c1-14-12(9-11-6-8-15-10-11)4-5-13-3-2-7-16-13/h2-3,6-8,10,12,14H,4-5,9H2,1H3. The lowest BCUT2D eigenvalue weighted by Gasteiger charge is -2.14. The summed E-state index contributed by atoms with van der Waals surface area (Å²) in [4.78, 5) is 1.49. The number of hydrogen-bond donors (Lipinski definition) is 1. The van der Waals surface area contributed by atoms with E-state index in [1.165, 1.54) is 23.3 Å². The van der Waals surface area contributed by atoms with Gasteiger partial charge in [0.05, 0.1) is 0 Å². The zero-order valence-electron chi connectivity index (χ0n) is 9.48. The zero-order valence-corrected chi connectivity index (χ0v) is 11.1. The molecular formula is C13H17NS2. The Kier molecular flexibility index (Phi) is 4.57. The van der Waals surface area contributed by atoms with Gasteiger partial charge < -0.3 is 5.32 Å². The lowest BCUT2D eigenvalue weighted by atomic mass is 10.0. The highest BCUT2D eigenvalue weighted by molar-refractivity contribution is 7.09. The van der Waals surface area contributed by atoms with Gasteiger partial charge in [0.15, 0.2) is 0 Å². The summed E-state index contributed by atoms with van der Waals surface area (Å²) in [5, 5.41) is 9.97. The SMILES string of the molecule is CNC(CCc1cccs1)Cc1ccsc1. The maximum atomic E-state index is 3.41. The Bertz CT molecular complexity index is 378. The van der Waals surface area contributed by atoms with Gasteiger partial charge in [-0.3, -0.25) is 0 Å². The molecule has 1 atom stereocenters. The third-order valence-electron chi connectivity index (χ3n) is 2.79. The van der Waals surface area contributed by atoms with Gasteiger partial charge in [-0.25, -0.2) is 0 Å². The summed E-state index contributed by atoms with van der Waals surface area (Å²) in [6, 6.07) is 7.17. The molecule has 2 heterocycles. The van der Waals surface area contributed by atoms with Gasteiger partial charge in [-0.2, -0.15) is 11.3 Å². The normalized spacial score (nSPS) is 12.8. The van der Waals surface area contributed by atoms with Crippen molar-refractivity contribution < 1.29 is 0 Å². The fourth-order valence-corrected chi connectivity index (χ4v) is 3.22. The lowest BCUT2D eigenvalue weighted by molar-refractivity contribution is 0.522. The van der Waals surface area contributed by atoms with Crippen molar-refractivity contribution in [1.82, 2.24) is 5.32 Å². The summed E-state index contributed by atoms with van der Waals surface area (Å²) in [6.45, 7) is 0. The third kappa shape index (κ3) is 3.44. The van der Waals surface area contributed by atoms with Gasteiger partial charge in [0.2, 0.25) is 0 Å². The van der Waals surface area contributed by atoms with E-state index in [0.29, 0.717) is 6.04 Å². The highest BCUT2D eigenvalue weighted by atomic mass is 32.1. The lowest BCUT2D eigenvalue weighted by Crippen LogP contribution is -2.27. The van der Waals surface area contributed by atoms with E-state index in [1.54, 1.807) is 11.3 Å². The van der Waals surface area contributed by atoms with Crippen LogP contribution in [0.2, 0.25) is 0 Å². The zero-order chi connectivity index (χ0) is 11.2. The third-order valence-corrected chi connectivity index (χ3v) is 4.46. The second-order valence-electron chi connectivity index (χ2n) is 3.94. The number of nitrogens with one attached hydrogen (secondary N) is 1. The van der Waals surface area contributed by atoms with Crippen molar-refractivity contribution in [3.8, 4) is 0 Å². The molecular weight excluding hydrogens is 234 g/mol. The second-order valence-corrected chi connectivity index (χ2v) is 5.75. The van der Waals surface area contributed by atoms with Crippen molar-refractivity contribution in [2.45, 2.75) is 25.3 Å². The highest BCUT2D eigenvalue weighted by Crippen LogP contribution is 2.15. The van der Waals surface area contributed by atoms with Crippen LogP contribution in [0.15, 0.2) is 34.3 Å². The molecule has 2 aromatic heterocycles. The van der Waals surface area contributed by atoms with Gasteiger partial charge in [-0.15, -0.1) is 11.3 Å². The Morgan fingerprint density at radius 2 is 2.25 bits per heavy atom. The minimum Gasteiger partial charge on any atom is -0.317 e. The molecule has 3 heteroatoms. The number of hydrogen-bond acceptors (Lipinski definition) is 3. The maximum absolute atomic E-state index is 3.41. The van der Waals surface area contributed by atoms with Crippen LogP contribution in [-0.2, 0) is 12.8 Å².